The molecule has 8 atom stereocenters. The van der Waals surface area contributed by atoms with Gasteiger partial charge in [0.25, 0.3) is 0 Å². The molecule has 1 aromatic heterocycles. The summed E-state index contributed by atoms with van der Waals surface area (Å²) in [7, 11) is 0. The van der Waals surface area contributed by atoms with E-state index in [1.807, 2.05) is 19.9 Å². The number of Topliss-reactive ketones (excluding diaryl/α,β-unsaturated/α-hetero) is 1. The van der Waals surface area contributed by atoms with E-state index in [0.29, 0.717) is 6.42 Å². The lowest BCUT2D eigenvalue weighted by Gasteiger charge is -2.64. The molecule has 0 aliphatic heterocycles. The van der Waals surface area contributed by atoms with Crippen LogP contribution in [-0.4, -0.2) is 51.7 Å². The molecule has 9 heteroatoms. The van der Waals surface area contributed by atoms with Gasteiger partial charge in [-0.25, -0.2) is 4.99 Å². The first-order valence-corrected chi connectivity index (χ1v) is 16.3. The Morgan fingerprint density at radius 2 is 1.88 bits per heavy atom. The molecule has 3 saturated carbocycles. The zero-order chi connectivity index (χ0) is 30.7. The maximum Gasteiger partial charge on any atom is 0.306 e. The molecule has 0 aromatic carbocycles. The fraction of sp³-hybridized carbons (Fsp3) is 0.636. The van der Waals surface area contributed by atoms with Gasteiger partial charge in [-0.2, -0.15) is 0 Å². The molecule has 1 N–H and O–H groups in total. The van der Waals surface area contributed by atoms with Crippen molar-refractivity contribution >= 4 is 51.4 Å². The summed E-state index contributed by atoms with van der Waals surface area (Å²) < 4.78 is 11.4. The summed E-state index contributed by atoms with van der Waals surface area (Å²) in [6, 6.07) is 2.06. The van der Waals surface area contributed by atoms with Gasteiger partial charge in [-0.1, -0.05) is 46.3 Å². The minimum absolute atomic E-state index is 0.0974. The normalized spacial score (nSPS) is 39.6. The predicted molar refractivity (Wildman–Crippen MR) is 164 cm³/mol. The van der Waals surface area contributed by atoms with Gasteiger partial charge in [0.15, 0.2) is 12.2 Å². The van der Waals surface area contributed by atoms with Crippen LogP contribution >= 0.6 is 22.9 Å². The molecule has 1 heterocycles. The number of aliphatic hydroxyl groups excluding tert-OH is 1. The zero-order valence-electron chi connectivity index (χ0n) is 25.4. The number of hydrogen-bond donors (Lipinski definition) is 1. The minimum Gasteiger partial charge on any atom is -0.457 e. The number of aliphatic hydroxyl groups is 1. The van der Waals surface area contributed by atoms with Crippen LogP contribution in [0.1, 0.15) is 78.7 Å². The molecular weight excluding hydrogens is 574 g/mol. The smallest absolute Gasteiger partial charge is 0.306 e. The lowest BCUT2D eigenvalue weighted by atomic mass is 9.45. The molecule has 3 fully saturated rings. The Kier molecular flexibility index (Phi) is 8.16. The van der Waals surface area contributed by atoms with Gasteiger partial charge in [0, 0.05) is 29.6 Å². The molecule has 0 saturated heterocycles. The average Bonchev–Trinajstić information content (AvgIpc) is 3.45. The first-order chi connectivity index (χ1) is 19.8. The summed E-state index contributed by atoms with van der Waals surface area (Å²) >= 11 is 9.32. The monoisotopic (exact) mass is 615 g/mol. The maximum atomic E-state index is 14.0. The van der Waals surface area contributed by atoms with Crippen LogP contribution in [0.3, 0.4) is 0 Å². The predicted octanol–water partition coefficient (Wildman–Crippen LogP) is 6.66. The van der Waals surface area contributed by atoms with Crippen LogP contribution in [0.2, 0.25) is 0 Å². The number of thiophene rings is 1. The van der Waals surface area contributed by atoms with Gasteiger partial charge in [-0.15, -0.1) is 22.9 Å². The number of fused-ring (bicyclic) bond motifs is 5. The van der Waals surface area contributed by atoms with Crippen LogP contribution in [0, 0.1) is 35.5 Å². The highest BCUT2D eigenvalue weighted by Crippen LogP contribution is 2.72. The van der Waals surface area contributed by atoms with Crippen LogP contribution in [0.4, 0.5) is 5.00 Å². The van der Waals surface area contributed by atoms with Crippen molar-refractivity contribution < 1.29 is 29.0 Å². The number of rotatable bonds is 7. The number of esters is 2. The number of carbonyl (C=O) groups excluding carboxylic acids is 3. The second kappa shape index (κ2) is 11.0. The molecule has 1 aromatic rings. The Bertz CT molecular complexity index is 1380. The van der Waals surface area contributed by atoms with Crippen LogP contribution in [-0.2, 0) is 23.9 Å². The molecule has 7 nitrogen and oxygen atoms in total. The van der Waals surface area contributed by atoms with Crippen LogP contribution in [0.15, 0.2) is 40.2 Å². The standard InChI is InChI=1S/C33H42ClNO6S/c1-7-28(38)40-17-26(37)33(41-29(39)8-2)20(4)14-24-23-10-9-21-15-22(35-27-13-19(3)18-42-27)11-12-30(21,5)32(23,34)25(36)16-31(24,33)6/h11-13,15,18,20,23-25,36H,7-10,14,16-17H2,1-6H3/t20-,23-,24-,25-,30-,31-,32-,33-/m0/s1. The molecular formula is C33H42ClNO6S. The molecule has 0 bridgehead atoms. The van der Waals surface area contributed by atoms with Crippen molar-refractivity contribution in [3.05, 3.63) is 40.8 Å². The topological polar surface area (TPSA) is 102 Å². The molecule has 42 heavy (non-hydrogen) atoms. The van der Waals surface area contributed by atoms with Crippen LogP contribution in [0.5, 0.6) is 0 Å². The van der Waals surface area contributed by atoms with Gasteiger partial charge in [-0.3, -0.25) is 14.4 Å². The van der Waals surface area contributed by atoms with E-state index in [0.717, 1.165) is 29.1 Å². The van der Waals surface area contributed by atoms with Crippen molar-refractivity contribution in [1.29, 1.82) is 0 Å². The van der Waals surface area contributed by atoms with Crippen LogP contribution in [0.25, 0.3) is 0 Å². The molecule has 228 valence electrons. The first-order valence-electron chi connectivity index (χ1n) is 15.1. The van der Waals surface area contributed by atoms with Gasteiger partial charge in [0.2, 0.25) is 5.78 Å². The fourth-order valence-corrected chi connectivity index (χ4v) is 10.00. The Morgan fingerprint density at radius 1 is 1.17 bits per heavy atom. The molecule has 4 aliphatic rings. The van der Waals surface area contributed by atoms with Crippen LogP contribution < -0.4 is 0 Å². The number of nitrogens with zero attached hydrogens (tertiary/aromatic N) is 1. The molecule has 0 amide bonds. The number of aliphatic imine (C=N–C) groups is 1. The highest BCUT2D eigenvalue weighted by atomic mass is 35.5. The Balaban J connectivity index is 1.53. The number of ketones is 1. The van der Waals surface area contributed by atoms with Crippen molar-refractivity contribution in [2.75, 3.05) is 6.61 Å². The third-order valence-electron chi connectivity index (χ3n) is 10.8. The van der Waals surface area contributed by atoms with E-state index < -0.39 is 51.7 Å². The summed E-state index contributed by atoms with van der Waals surface area (Å²) in [5.41, 5.74) is 0.135. The third kappa shape index (κ3) is 4.46. The summed E-state index contributed by atoms with van der Waals surface area (Å²) in [6.45, 7) is 10.9. The van der Waals surface area contributed by atoms with Crippen molar-refractivity contribution in [2.45, 2.75) is 96.6 Å². The average molecular weight is 616 g/mol. The number of alkyl halides is 1. The lowest BCUT2D eigenvalue weighted by Crippen LogP contribution is -2.69. The Labute approximate surface area is 257 Å². The van der Waals surface area contributed by atoms with Crippen molar-refractivity contribution in [1.82, 2.24) is 0 Å². The van der Waals surface area contributed by atoms with E-state index in [4.69, 9.17) is 26.1 Å². The number of hydrogen-bond acceptors (Lipinski definition) is 8. The fourth-order valence-electron chi connectivity index (χ4n) is 8.69. The number of aryl methyl sites for hydroxylation is 1. The van der Waals surface area contributed by atoms with Gasteiger partial charge >= 0.3 is 11.9 Å². The van der Waals surface area contributed by atoms with Gasteiger partial charge in [0.1, 0.15) is 5.00 Å². The molecule has 0 spiro atoms. The quantitative estimate of drug-likeness (QED) is 0.272. The van der Waals surface area contributed by atoms with Gasteiger partial charge < -0.3 is 14.6 Å². The Morgan fingerprint density at radius 3 is 2.52 bits per heavy atom. The highest BCUT2D eigenvalue weighted by Gasteiger charge is 2.76. The first kappa shape index (κ1) is 31.1. The second-order valence-electron chi connectivity index (χ2n) is 13.0. The van der Waals surface area contributed by atoms with E-state index in [1.54, 1.807) is 25.2 Å². The third-order valence-corrected chi connectivity index (χ3v) is 12.6. The number of allylic oxidation sites excluding steroid dienone is 4. The van der Waals surface area contributed by atoms with E-state index in [2.05, 4.69) is 37.4 Å². The minimum atomic E-state index is -1.53. The van der Waals surface area contributed by atoms with E-state index in [9.17, 15) is 19.5 Å². The number of ether oxygens (including phenoxy) is 2. The SMILES string of the molecule is CCC(=O)OCC(=O)[C@@]1(OC(=O)CC)[C@@H](C)C[C@H]2[C@@H]3CCC4=CC(=Nc5cc(C)cs5)C=C[C@]4(C)[C@@]3(Cl)[C@@H](O)C[C@@]21C. The molecule has 0 radical (unpaired) electrons. The molecule has 4 aliphatic carbocycles. The molecule has 0 unspecified atom stereocenters. The highest BCUT2D eigenvalue weighted by molar-refractivity contribution is 7.14. The largest absolute Gasteiger partial charge is 0.457 e. The van der Waals surface area contributed by atoms with Crippen molar-refractivity contribution in [2.24, 2.45) is 33.6 Å². The lowest BCUT2D eigenvalue weighted by molar-refractivity contribution is -0.203. The van der Waals surface area contributed by atoms with E-state index >= 15 is 0 Å². The van der Waals surface area contributed by atoms with Gasteiger partial charge in [0.05, 0.1) is 16.7 Å². The summed E-state index contributed by atoms with van der Waals surface area (Å²) in [6.07, 6.45) is 7.77. The zero-order valence-corrected chi connectivity index (χ0v) is 26.9. The van der Waals surface area contributed by atoms with Crippen molar-refractivity contribution in [3.8, 4) is 0 Å². The van der Waals surface area contributed by atoms with Gasteiger partial charge in [-0.05, 0) is 73.6 Å². The maximum absolute atomic E-state index is 14.0. The van der Waals surface area contributed by atoms with Crippen molar-refractivity contribution in [3.63, 3.8) is 0 Å². The summed E-state index contributed by atoms with van der Waals surface area (Å²) in [4.78, 5) is 42.7. The van der Waals surface area contributed by atoms with E-state index in [1.165, 1.54) is 5.56 Å². The second-order valence-corrected chi connectivity index (χ2v) is 14.5. The van der Waals surface area contributed by atoms with E-state index in [-0.39, 0.29) is 37.0 Å². The Hall–Kier alpha value is -2.29. The summed E-state index contributed by atoms with van der Waals surface area (Å²) in [5, 5.41) is 15.1. The number of carbonyl (C=O) groups is 3. The summed E-state index contributed by atoms with van der Waals surface area (Å²) in [5.74, 6) is -1.99. The molecule has 5 rings (SSSR count). The number of halogens is 1.